The number of hydrazine groups is 2. The highest BCUT2D eigenvalue weighted by atomic mass is 16.6. The fourth-order valence-corrected chi connectivity index (χ4v) is 1.89. The fraction of sp³-hybridized carbons (Fsp3) is 0.727. The zero-order chi connectivity index (χ0) is 12.5. The summed E-state index contributed by atoms with van der Waals surface area (Å²) in [4.78, 5) is 11.5. The number of amides is 1. The third-order valence-electron chi connectivity index (χ3n) is 2.74. The number of hydrogen-bond acceptors (Lipinski definition) is 5. The lowest BCUT2D eigenvalue weighted by molar-refractivity contribution is 0.0393. The molecule has 0 saturated heterocycles. The van der Waals surface area contributed by atoms with E-state index < -0.39 is 5.60 Å². The van der Waals surface area contributed by atoms with Crippen LogP contribution in [0.4, 0.5) is 4.79 Å². The van der Waals surface area contributed by atoms with Crippen molar-refractivity contribution < 1.29 is 9.53 Å². The summed E-state index contributed by atoms with van der Waals surface area (Å²) in [6.45, 7) is 5.59. The molecule has 3 N–H and O–H groups in total. The Labute approximate surface area is 101 Å². The van der Waals surface area contributed by atoms with Gasteiger partial charge in [0, 0.05) is 18.4 Å². The molecule has 0 radical (unpaired) electrons. The van der Waals surface area contributed by atoms with Gasteiger partial charge in [-0.3, -0.25) is 5.01 Å². The number of rotatable bonds is 2. The van der Waals surface area contributed by atoms with Crippen LogP contribution < -0.4 is 16.3 Å². The van der Waals surface area contributed by atoms with Crippen LogP contribution in [0.1, 0.15) is 33.6 Å². The van der Waals surface area contributed by atoms with Crippen LogP contribution in [-0.4, -0.2) is 28.8 Å². The van der Waals surface area contributed by atoms with Crippen LogP contribution in [0.5, 0.6) is 0 Å². The third kappa shape index (κ3) is 3.26. The Morgan fingerprint density at radius 2 is 2.18 bits per heavy atom. The van der Waals surface area contributed by atoms with Crippen LogP contribution in [0.2, 0.25) is 0 Å². The van der Waals surface area contributed by atoms with Crippen LogP contribution in [0.15, 0.2) is 12.4 Å². The highest BCUT2D eigenvalue weighted by molar-refractivity contribution is 5.68. The third-order valence-corrected chi connectivity index (χ3v) is 2.74. The highest BCUT2D eigenvalue weighted by Gasteiger charge is 2.35. The van der Waals surface area contributed by atoms with Gasteiger partial charge in [0.1, 0.15) is 5.60 Å². The van der Waals surface area contributed by atoms with Crippen LogP contribution in [-0.2, 0) is 4.74 Å². The Morgan fingerprint density at radius 1 is 1.47 bits per heavy atom. The molecule has 2 rings (SSSR count). The molecule has 1 heterocycles. The minimum atomic E-state index is -0.434. The highest BCUT2D eigenvalue weighted by Crippen LogP contribution is 2.25. The van der Waals surface area contributed by atoms with Crippen LogP contribution in [0, 0.1) is 0 Å². The number of ether oxygens (including phenoxy) is 1. The summed E-state index contributed by atoms with van der Waals surface area (Å²) < 4.78 is 5.20. The molecular formula is C11H20N4O2. The number of nitrogens with zero attached hydrogens (tertiary/aromatic N) is 1. The number of carbonyl (C=O) groups is 1. The van der Waals surface area contributed by atoms with Crippen molar-refractivity contribution in [1.82, 2.24) is 21.3 Å². The van der Waals surface area contributed by atoms with E-state index in [0.29, 0.717) is 6.04 Å². The van der Waals surface area contributed by atoms with Gasteiger partial charge >= 0.3 is 6.09 Å². The van der Waals surface area contributed by atoms with Crippen LogP contribution >= 0.6 is 0 Å². The average Bonchev–Trinajstić information content (AvgIpc) is 2.59. The summed E-state index contributed by atoms with van der Waals surface area (Å²) >= 11 is 0. The number of nitrogens with one attached hydrogen (secondary N) is 3. The molecule has 1 amide bonds. The predicted octanol–water partition coefficient (Wildman–Crippen LogP) is 0.838. The summed E-state index contributed by atoms with van der Waals surface area (Å²) in [5.74, 6) is 0. The van der Waals surface area contributed by atoms with Gasteiger partial charge in [-0.15, -0.1) is 5.53 Å². The first-order valence-corrected chi connectivity index (χ1v) is 5.90. The molecule has 0 unspecified atom stereocenters. The first-order valence-electron chi connectivity index (χ1n) is 5.90. The molecule has 1 aliphatic heterocycles. The smallest absolute Gasteiger partial charge is 0.407 e. The van der Waals surface area contributed by atoms with Crippen molar-refractivity contribution >= 4 is 6.09 Å². The molecule has 6 nitrogen and oxygen atoms in total. The lowest BCUT2D eigenvalue weighted by Gasteiger charge is -2.40. The molecule has 1 aliphatic carbocycles. The Hall–Kier alpha value is -1.43. The van der Waals surface area contributed by atoms with Crippen LogP contribution in [0.3, 0.4) is 0 Å². The quantitative estimate of drug-likeness (QED) is 0.667. The molecule has 1 saturated carbocycles. The number of carbonyl (C=O) groups excluding carboxylic acids is 1. The molecule has 96 valence electrons. The predicted molar refractivity (Wildman–Crippen MR) is 63.4 cm³/mol. The number of hydrogen-bond donors (Lipinski definition) is 3. The molecule has 0 atom stereocenters. The zero-order valence-electron chi connectivity index (χ0n) is 10.5. The van der Waals surface area contributed by atoms with Gasteiger partial charge in [0.15, 0.2) is 0 Å². The van der Waals surface area contributed by atoms with Crippen molar-refractivity contribution in [2.45, 2.75) is 51.3 Å². The van der Waals surface area contributed by atoms with E-state index in [-0.39, 0.29) is 12.1 Å². The van der Waals surface area contributed by atoms with Crippen molar-refractivity contribution in [3.05, 3.63) is 12.4 Å². The van der Waals surface area contributed by atoms with Crippen molar-refractivity contribution in [3.8, 4) is 0 Å². The Kier molecular flexibility index (Phi) is 3.15. The molecule has 0 bridgehead atoms. The molecule has 17 heavy (non-hydrogen) atoms. The van der Waals surface area contributed by atoms with Crippen molar-refractivity contribution in [3.63, 3.8) is 0 Å². The average molecular weight is 240 g/mol. The Balaban J connectivity index is 1.66. The van der Waals surface area contributed by atoms with Gasteiger partial charge < -0.3 is 15.5 Å². The summed E-state index contributed by atoms with van der Waals surface area (Å²) in [7, 11) is 0. The van der Waals surface area contributed by atoms with Crippen molar-refractivity contribution in [1.29, 1.82) is 0 Å². The molecule has 1 fully saturated rings. The van der Waals surface area contributed by atoms with E-state index in [1.807, 2.05) is 38.2 Å². The number of alkyl carbamates (subject to hydrolysis) is 1. The summed E-state index contributed by atoms with van der Waals surface area (Å²) in [6.07, 6.45) is 5.32. The zero-order valence-corrected chi connectivity index (χ0v) is 10.5. The van der Waals surface area contributed by atoms with Gasteiger partial charge in [0.2, 0.25) is 0 Å². The van der Waals surface area contributed by atoms with E-state index in [9.17, 15) is 4.79 Å². The van der Waals surface area contributed by atoms with Gasteiger partial charge in [-0.25, -0.2) is 4.79 Å². The van der Waals surface area contributed by atoms with Gasteiger partial charge in [-0.2, -0.15) is 0 Å². The van der Waals surface area contributed by atoms with E-state index >= 15 is 0 Å². The van der Waals surface area contributed by atoms with E-state index in [4.69, 9.17) is 4.74 Å². The van der Waals surface area contributed by atoms with E-state index in [1.165, 1.54) is 0 Å². The van der Waals surface area contributed by atoms with E-state index in [0.717, 1.165) is 12.8 Å². The lowest BCUT2D eigenvalue weighted by atomic mass is 9.86. The second-order valence-corrected chi connectivity index (χ2v) is 5.45. The standard InChI is InChI=1S/C11H20N4O2/c1-11(2,3)17-10(16)13-8-6-9(7-8)15-5-4-12-14-15/h4-5,8-9,12,14H,6-7H2,1-3H3,(H,13,16)/t8-,9-. The van der Waals surface area contributed by atoms with Gasteiger partial charge in [0.25, 0.3) is 0 Å². The van der Waals surface area contributed by atoms with Gasteiger partial charge in [-0.1, -0.05) is 0 Å². The molecule has 0 spiro atoms. The second-order valence-electron chi connectivity index (χ2n) is 5.45. The van der Waals surface area contributed by atoms with Gasteiger partial charge in [0.05, 0.1) is 6.04 Å². The monoisotopic (exact) mass is 240 g/mol. The molecule has 0 aromatic carbocycles. The maximum absolute atomic E-state index is 11.5. The Morgan fingerprint density at radius 3 is 2.71 bits per heavy atom. The van der Waals surface area contributed by atoms with Gasteiger partial charge in [-0.05, 0) is 33.6 Å². The first-order chi connectivity index (χ1) is 7.94. The molecule has 2 aliphatic rings. The maximum Gasteiger partial charge on any atom is 0.407 e. The second kappa shape index (κ2) is 4.44. The maximum atomic E-state index is 11.5. The minimum absolute atomic E-state index is 0.214. The topological polar surface area (TPSA) is 65.6 Å². The minimum Gasteiger partial charge on any atom is -0.444 e. The van der Waals surface area contributed by atoms with E-state index in [1.54, 1.807) is 0 Å². The molecule has 0 aromatic heterocycles. The molecular weight excluding hydrogens is 220 g/mol. The summed E-state index contributed by atoms with van der Waals surface area (Å²) in [6, 6.07) is 0.645. The SMILES string of the molecule is CC(C)(C)OC(=O)N[C@H]1C[C@H](N2C=CNN2)C1. The normalized spacial score (nSPS) is 27.4. The molecule has 6 heteroatoms. The van der Waals surface area contributed by atoms with Crippen LogP contribution in [0.25, 0.3) is 0 Å². The fourth-order valence-electron chi connectivity index (χ4n) is 1.89. The van der Waals surface area contributed by atoms with E-state index in [2.05, 4.69) is 16.3 Å². The summed E-state index contributed by atoms with van der Waals surface area (Å²) in [5.41, 5.74) is 5.46. The Bertz CT molecular complexity index is 318. The van der Waals surface area contributed by atoms with Crippen molar-refractivity contribution in [2.24, 2.45) is 0 Å². The lowest BCUT2D eigenvalue weighted by Crippen LogP contribution is -2.56. The summed E-state index contributed by atoms with van der Waals surface area (Å²) in [5, 5.41) is 4.87. The largest absolute Gasteiger partial charge is 0.444 e. The first kappa shape index (κ1) is 12.0. The molecule has 0 aromatic rings. The van der Waals surface area contributed by atoms with Crippen molar-refractivity contribution in [2.75, 3.05) is 0 Å².